The van der Waals surface area contributed by atoms with E-state index < -0.39 is 11.9 Å². The zero-order chi connectivity index (χ0) is 13.2. The van der Waals surface area contributed by atoms with Crippen molar-refractivity contribution in [1.29, 1.82) is 0 Å². The lowest BCUT2D eigenvalue weighted by molar-refractivity contribution is -0.138. The SMILES string of the molecule is O=C(O)C1CN(Cc2ncccn2)c2ccccc21. The van der Waals surface area contributed by atoms with Gasteiger partial charge in [0.15, 0.2) is 0 Å². The predicted molar refractivity (Wildman–Crippen MR) is 69.9 cm³/mol. The van der Waals surface area contributed by atoms with E-state index in [0.717, 1.165) is 11.3 Å². The standard InChI is InChI=1S/C14H13N3O2/c18-14(19)11-8-17(9-13-15-6-3-7-16-13)12-5-2-1-4-10(11)12/h1-7,11H,8-9H2,(H,18,19). The average Bonchev–Trinajstić information content (AvgIpc) is 2.79. The molecule has 0 amide bonds. The van der Waals surface area contributed by atoms with E-state index in [2.05, 4.69) is 9.97 Å². The van der Waals surface area contributed by atoms with E-state index in [1.165, 1.54) is 0 Å². The number of anilines is 1. The van der Waals surface area contributed by atoms with Crippen molar-refractivity contribution in [3.8, 4) is 0 Å². The molecule has 1 N–H and O–H groups in total. The normalized spacial score (nSPS) is 17.3. The minimum Gasteiger partial charge on any atom is -0.481 e. The highest BCUT2D eigenvalue weighted by Crippen LogP contribution is 2.36. The molecule has 5 heteroatoms. The number of fused-ring (bicyclic) bond motifs is 1. The van der Waals surface area contributed by atoms with Crippen LogP contribution in [0.2, 0.25) is 0 Å². The number of para-hydroxylation sites is 1. The molecule has 2 aromatic rings. The van der Waals surface area contributed by atoms with Crippen molar-refractivity contribution < 1.29 is 9.90 Å². The Hall–Kier alpha value is -2.43. The third-order valence-electron chi connectivity index (χ3n) is 3.31. The van der Waals surface area contributed by atoms with Gasteiger partial charge in [-0.25, -0.2) is 9.97 Å². The van der Waals surface area contributed by atoms with E-state index in [9.17, 15) is 9.90 Å². The Balaban J connectivity index is 1.91. The van der Waals surface area contributed by atoms with E-state index in [1.807, 2.05) is 29.2 Å². The van der Waals surface area contributed by atoms with Crippen molar-refractivity contribution >= 4 is 11.7 Å². The molecule has 1 atom stereocenters. The molecule has 1 aromatic heterocycles. The molecule has 0 aliphatic carbocycles. The summed E-state index contributed by atoms with van der Waals surface area (Å²) < 4.78 is 0. The van der Waals surface area contributed by atoms with Gasteiger partial charge in [0, 0.05) is 24.6 Å². The summed E-state index contributed by atoms with van der Waals surface area (Å²) in [6.45, 7) is 0.995. The molecule has 1 aliphatic heterocycles. The van der Waals surface area contributed by atoms with Crippen LogP contribution in [0.15, 0.2) is 42.7 Å². The Morgan fingerprint density at radius 3 is 2.74 bits per heavy atom. The van der Waals surface area contributed by atoms with Gasteiger partial charge in [0.05, 0.1) is 6.54 Å². The van der Waals surface area contributed by atoms with Crippen molar-refractivity contribution in [3.63, 3.8) is 0 Å². The molecule has 0 bridgehead atoms. The van der Waals surface area contributed by atoms with Crippen LogP contribution in [-0.4, -0.2) is 27.6 Å². The number of benzene rings is 1. The first-order valence-corrected chi connectivity index (χ1v) is 6.08. The van der Waals surface area contributed by atoms with Crippen molar-refractivity contribution in [2.45, 2.75) is 12.5 Å². The molecule has 5 nitrogen and oxygen atoms in total. The molecular formula is C14H13N3O2. The van der Waals surface area contributed by atoms with Crippen LogP contribution in [-0.2, 0) is 11.3 Å². The molecule has 1 aliphatic rings. The second-order valence-corrected chi connectivity index (χ2v) is 4.50. The van der Waals surface area contributed by atoms with E-state index in [-0.39, 0.29) is 0 Å². The highest BCUT2D eigenvalue weighted by Gasteiger charge is 2.33. The maximum Gasteiger partial charge on any atom is 0.312 e. The zero-order valence-electron chi connectivity index (χ0n) is 10.2. The van der Waals surface area contributed by atoms with Crippen LogP contribution in [0, 0.1) is 0 Å². The van der Waals surface area contributed by atoms with E-state index in [4.69, 9.17) is 0 Å². The highest BCUT2D eigenvalue weighted by atomic mass is 16.4. The summed E-state index contributed by atoms with van der Waals surface area (Å²) in [6.07, 6.45) is 3.39. The maximum atomic E-state index is 11.3. The lowest BCUT2D eigenvalue weighted by atomic mass is 10.0. The van der Waals surface area contributed by atoms with Gasteiger partial charge in [-0.1, -0.05) is 18.2 Å². The van der Waals surface area contributed by atoms with Gasteiger partial charge in [0.25, 0.3) is 0 Å². The summed E-state index contributed by atoms with van der Waals surface area (Å²) in [4.78, 5) is 21.7. The number of hydrogen-bond acceptors (Lipinski definition) is 4. The summed E-state index contributed by atoms with van der Waals surface area (Å²) in [7, 11) is 0. The maximum absolute atomic E-state index is 11.3. The fourth-order valence-electron chi connectivity index (χ4n) is 2.43. The van der Waals surface area contributed by atoms with Crippen LogP contribution in [0.5, 0.6) is 0 Å². The number of carboxylic acids is 1. The minimum absolute atomic E-state index is 0.465. The fraction of sp³-hybridized carbons (Fsp3) is 0.214. The lowest BCUT2D eigenvalue weighted by Crippen LogP contribution is -2.25. The van der Waals surface area contributed by atoms with Crippen molar-refractivity contribution in [1.82, 2.24) is 9.97 Å². The number of nitrogens with zero attached hydrogens (tertiary/aromatic N) is 3. The number of carbonyl (C=O) groups is 1. The second-order valence-electron chi connectivity index (χ2n) is 4.50. The highest BCUT2D eigenvalue weighted by molar-refractivity contribution is 5.82. The summed E-state index contributed by atoms with van der Waals surface area (Å²) in [6, 6.07) is 9.38. The minimum atomic E-state index is -0.788. The van der Waals surface area contributed by atoms with E-state index in [1.54, 1.807) is 18.5 Å². The Morgan fingerprint density at radius 2 is 2.00 bits per heavy atom. The first-order valence-electron chi connectivity index (χ1n) is 6.08. The summed E-state index contributed by atoms with van der Waals surface area (Å²) in [5.41, 5.74) is 1.83. The number of aliphatic carboxylic acids is 1. The quantitative estimate of drug-likeness (QED) is 0.903. The van der Waals surface area contributed by atoms with Crippen molar-refractivity contribution in [2.75, 3.05) is 11.4 Å². The van der Waals surface area contributed by atoms with Crippen molar-refractivity contribution in [3.05, 3.63) is 54.1 Å². The van der Waals surface area contributed by atoms with Crippen LogP contribution in [0.3, 0.4) is 0 Å². The molecule has 0 saturated heterocycles. The second kappa shape index (κ2) is 4.68. The molecule has 0 spiro atoms. The van der Waals surface area contributed by atoms with Crippen LogP contribution >= 0.6 is 0 Å². The Labute approximate surface area is 110 Å². The first-order chi connectivity index (χ1) is 9.25. The fourth-order valence-corrected chi connectivity index (χ4v) is 2.43. The van der Waals surface area contributed by atoms with Crippen LogP contribution in [0.1, 0.15) is 17.3 Å². The van der Waals surface area contributed by atoms with Gasteiger partial charge < -0.3 is 10.0 Å². The Bertz CT molecular complexity index is 601. The summed E-state index contributed by atoms with van der Waals surface area (Å²) in [5, 5.41) is 9.29. The van der Waals surface area contributed by atoms with Gasteiger partial charge in [0.2, 0.25) is 0 Å². The molecule has 1 unspecified atom stereocenters. The molecule has 96 valence electrons. The molecule has 2 heterocycles. The Morgan fingerprint density at radius 1 is 1.26 bits per heavy atom. The van der Waals surface area contributed by atoms with Gasteiger partial charge in [-0.3, -0.25) is 4.79 Å². The number of aromatic nitrogens is 2. The van der Waals surface area contributed by atoms with Gasteiger partial charge in [-0.05, 0) is 17.7 Å². The van der Waals surface area contributed by atoms with Crippen molar-refractivity contribution in [2.24, 2.45) is 0 Å². The molecule has 19 heavy (non-hydrogen) atoms. The van der Waals surface area contributed by atoms with Gasteiger partial charge in [-0.15, -0.1) is 0 Å². The third-order valence-corrected chi connectivity index (χ3v) is 3.31. The molecule has 1 aromatic carbocycles. The molecule has 0 saturated carbocycles. The third kappa shape index (κ3) is 2.14. The van der Waals surface area contributed by atoms with Crippen LogP contribution in [0.25, 0.3) is 0 Å². The zero-order valence-corrected chi connectivity index (χ0v) is 10.2. The van der Waals surface area contributed by atoms with Gasteiger partial charge in [-0.2, -0.15) is 0 Å². The monoisotopic (exact) mass is 255 g/mol. The molecule has 3 rings (SSSR count). The molecular weight excluding hydrogens is 242 g/mol. The summed E-state index contributed by atoms with van der Waals surface area (Å²) >= 11 is 0. The van der Waals surface area contributed by atoms with Gasteiger partial charge in [0.1, 0.15) is 11.7 Å². The number of hydrogen-bond donors (Lipinski definition) is 1. The largest absolute Gasteiger partial charge is 0.481 e. The number of rotatable bonds is 3. The van der Waals surface area contributed by atoms with Crippen LogP contribution in [0.4, 0.5) is 5.69 Å². The summed E-state index contributed by atoms with van der Waals surface area (Å²) in [5.74, 6) is -0.563. The van der Waals surface area contributed by atoms with Crippen LogP contribution < -0.4 is 4.90 Å². The Kier molecular flexibility index (Phi) is 2.87. The smallest absolute Gasteiger partial charge is 0.312 e. The molecule has 0 fully saturated rings. The lowest BCUT2D eigenvalue weighted by Gasteiger charge is -2.18. The average molecular weight is 255 g/mol. The van der Waals surface area contributed by atoms with E-state index >= 15 is 0 Å². The predicted octanol–water partition coefficient (Wildman–Crippen LogP) is 1.66. The molecule has 0 radical (unpaired) electrons. The van der Waals surface area contributed by atoms with Gasteiger partial charge >= 0.3 is 5.97 Å². The number of carboxylic acid groups (broad SMARTS) is 1. The van der Waals surface area contributed by atoms with E-state index in [0.29, 0.717) is 18.9 Å². The topological polar surface area (TPSA) is 66.3 Å². The first kappa shape index (κ1) is 11.6.